The van der Waals surface area contributed by atoms with Crippen molar-refractivity contribution in [1.82, 2.24) is 4.90 Å². The van der Waals surface area contributed by atoms with Crippen LogP contribution in [-0.2, 0) is 9.53 Å². The molecule has 0 saturated carbocycles. The van der Waals surface area contributed by atoms with Crippen molar-refractivity contribution in [1.29, 1.82) is 0 Å². The monoisotopic (exact) mass is 291 g/mol. The minimum Gasteiger partial charge on any atom is -0.480 e. The number of ether oxygens (including phenoxy) is 1. The smallest absolute Gasteiger partial charge is 0.391 e. The van der Waals surface area contributed by atoms with Crippen molar-refractivity contribution >= 4 is 18.4 Å². The van der Waals surface area contributed by atoms with Crippen LogP contribution in [0.1, 0.15) is 12.8 Å². The van der Waals surface area contributed by atoms with E-state index in [1.807, 2.05) is 0 Å². The molecule has 1 rings (SSSR count). The molecule has 1 saturated heterocycles. The molecule has 1 aliphatic rings. The van der Waals surface area contributed by atoms with Crippen LogP contribution in [0.4, 0.5) is 13.2 Å². The maximum Gasteiger partial charge on any atom is 0.391 e. The Morgan fingerprint density at radius 2 is 1.94 bits per heavy atom. The number of halogens is 4. The minimum absolute atomic E-state index is 0. The van der Waals surface area contributed by atoms with Crippen LogP contribution >= 0.6 is 12.4 Å². The number of alkyl halides is 3. The van der Waals surface area contributed by atoms with Gasteiger partial charge in [-0.15, -0.1) is 12.4 Å². The van der Waals surface area contributed by atoms with Gasteiger partial charge in [-0.25, -0.2) is 0 Å². The molecule has 4 nitrogen and oxygen atoms in total. The van der Waals surface area contributed by atoms with Crippen LogP contribution < -0.4 is 0 Å². The lowest BCUT2D eigenvalue weighted by molar-refractivity contribution is -0.187. The summed E-state index contributed by atoms with van der Waals surface area (Å²) in [6, 6.07) is -0.853. The summed E-state index contributed by atoms with van der Waals surface area (Å²) >= 11 is 0. The van der Waals surface area contributed by atoms with Gasteiger partial charge in [-0.3, -0.25) is 9.69 Å². The van der Waals surface area contributed by atoms with E-state index in [4.69, 9.17) is 9.84 Å². The number of carboxylic acid groups (broad SMARTS) is 1. The molecule has 0 radical (unpaired) electrons. The van der Waals surface area contributed by atoms with Crippen LogP contribution in [0.3, 0.4) is 0 Å². The van der Waals surface area contributed by atoms with E-state index in [-0.39, 0.29) is 44.9 Å². The van der Waals surface area contributed by atoms with Crippen molar-refractivity contribution in [2.45, 2.75) is 25.1 Å². The third-order valence-corrected chi connectivity index (χ3v) is 3.04. The molecule has 108 valence electrons. The maximum absolute atomic E-state index is 12.4. The highest BCUT2D eigenvalue weighted by Gasteiger charge is 2.42. The van der Waals surface area contributed by atoms with Gasteiger partial charge in [0.1, 0.15) is 6.04 Å². The van der Waals surface area contributed by atoms with Crippen LogP contribution in [0.15, 0.2) is 0 Å². The molecule has 0 aromatic heterocycles. The van der Waals surface area contributed by atoms with Gasteiger partial charge in [0.25, 0.3) is 0 Å². The second-order valence-corrected chi connectivity index (χ2v) is 4.16. The molecule has 1 atom stereocenters. The standard InChI is InChI=1S/C10H16F3NO3.ClH/c1-17-6-8(9(15)16)14-4-2-7(3-5-14)10(11,12)13;/h7-8H,2-6H2,1H3,(H,15,16);1H. The fourth-order valence-corrected chi connectivity index (χ4v) is 2.03. The lowest BCUT2D eigenvalue weighted by Crippen LogP contribution is -2.49. The molecule has 1 fully saturated rings. The summed E-state index contributed by atoms with van der Waals surface area (Å²) in [6.07, 6.45) is -4.26. The number of piperidine rings is 1. The lowest BCUT2D eigenvalue weighted by atomic mass is 9.95. The average Bonchev–Trinajstić information content (AvgIpc) is 2.24. The second-order valence-electron chi connectivity index (χ2n) is 4.16. The predicted molar refractivity (Wildman–Crippen MR) is 60.9 cm³/mol. The summed E-state index contributed by atoms with van der Waals surface area (Å²) < 4.78 is 42.0. The highest BCUT2D eigenvalue weighted by Crippen LogP contribution is 2.34. The molecule has 1 heterocycles. The van der Waals surface area contributed by atoms with Gasteiger partial charge in [-0.05, 0) is 25.9 Å². The van der Waals surface area contributed by atoms with Crippen LogP contribution in [0.25, 0.3) is 0 Å². The quantitative estimate of drug-likeness (QED) is 0.858. The molecular formula is C10H17ClF3NO3. The van der Waals surface area contributed by atoms with Crippen molar-refractivity contribution in [3.63, 3.8) is 0 Å². The fourth-order valence-electron chi connectivity index (χ4n) is 2.03. The van der Waals surface area contributed by atoms with Crippen molar-refractivity contribution in [2.75, 3.05) is 26.8 Å². The number of carbonyl (C=O) groups is 1. The van der Waals surface area contributed by atoms with Gasteiger partial charge in [0, 0.05) is 7.11 Å². The number of methoxy groups -OCH3 is 1. The zero-order valence-electron chi connectivity index (χ0n) is 9.94. The Balaban J connectivity index is 0.00000289. The van der Waals surface area contributed by atoms with Gasteiger partial charge in [0.2, 0.25) is 0 Å². The van der Waals surface area contributed by atoms with Crippen molar-refractivity contribution in [3.8, 4) is 0 Å². The second kappa shape index (κ2) is 7.16. The third-order valence-electron chi connectivity index (χ3n) is 3.04. The van der Waals surface area contributed by atoms with Crippen LogP contribution in [0, 0.1) is 5.92 Å². The topological polar surface area (TPSA) is 49.8 Å². The first kappa shape index (κ1) is 17.5. The van der Waals surface area contributed by atoms with Crippen LogP contribution in [-0.4, -0.2) is 55.0 Å². The molecule has 8 heteroatoms. The first-order valence-corrected chi connectivity index (χ1v) is 5.38. The van der Waals surface area contributed by atoms with Crippen molar-refractivity contribution < 1.29 is 27.8 Å². The zero-order valence-corrected chi connectivity index (χ0v) is 10.8. The van der Waals surface area contributed by atoms with E-state index in [2.05, 4.69) is 0 Å². The van der Waals surface area contributed by atoms with E-state index < -0.39 is 24.1 Å². The summed E-state index contributed by atoms with van der Waals surface area (Å²) in [4.78, 5) is 12.5. The van der Waals surface area contributed by atoms with E-state index in [1.165, 1.54) is 12.0 Å². The number of nitrogens with zero attached hydrogens (tertiary/aromatic N) is 1. The Labute approximate surface area is 109 Å². The fraction of sp³-hybridized carbons (Fsp3) is 0.900. The Bertz CT molecular complexity index is 268. The van der Waals surface area contributed by atoms with Crippen LogP contribution in [0.5, 0.6) is 0 Å². The van der Waals surface area contributed by atoms with E-state index in [9.17, 15) is 18.0 Å². The number of hydrogen-bond donors (Lipinski definition) is 1. The molecule has 0 aromatic carbocycles. The van der Waals surface area contributed by atoms with Gasteiger partial charge in [-0.1, -0.05) is 0 Å². The van der Waals surface area contributed by atoms with Gasteiger partial charge in [0.05, 0.1) is 12.5 Å². The van der Waals surface area contributed by atoms with Gasteiger partial charge in [0.15, 0.2) is 0 Å². The lowest BCUT2D eigenvalue weighted by Gasteiger charge is -2.35. The largest absolute Gasteiger partial charge is 0.480 e. The number of aliphatic carboxylic acids is 1. The Hall–Kier alpha value is -0.530. The van der Waals surface area contributed by atoms with Crippen LogP contribution in [0.2, 0.25) is 0 Å². The van der Waals surface area contributed by atoms with E-state index in [0.29, 0.717) is 0 Å². The molecule has 0 bridgehead atoms. The SMILES string of the molecule is COCC(C(=O)O)N1CCC(C(F)(F)F)CC1.Cl. The third kappa shape index (κ3) is 4.62. The number of likely N-dealkylation sites (tertiary alicyclic amines) is 1. The van der Waals surface area contributed by atoms with Gasteiger partial charge < -0.3 is 9.84 Å². The maximum atomic E-state index is 12.4. The molecule has 0 spiro atoms. The molecular weight excluding hydrogens is 275 g/mol. The summed E-state index contributed by atoms with van der Waals surface area (Å²) in [7, 11) is 1.37. The molecule has 18 heavy (non-hydrogen) atoms. The highest BCUT2D eigenvalue weighted by molar-refractivity contribution is 5.85. The summed E-state index contributed by atoms with van der Waals surface area (Å²) in [6.45, 7) is 0.279. The molecule has 0 aliphatic carbocycles. The van der Waals surface area contributed by atoms with E-state index >= 15 is 0 Å². The molecule has 0 aromatic rings. The van der Waals surface area contributed by atoms with Gasteiger partial charge in [-0.2, -0.15) is 13.2 Å². The molecule has 1 aliphatic heterocycles. The normalized spacial score (nSPS) is 20.2. The minimum atomic E-state index is -4.17. The van der Waals surface area contributed by atoms with Crippen molar-refractivity contribution in [3.05, 3.63) is 0 Å². The predicted octanol–water partition coefficient (Wildman–Crippen LogP) is 1.78. The highest BCUT2D eigenvalue weighted by atomic mass is 35.5. The molecule has 1 unspecified atom stereocenters. The Kier molecular flexibility index (Phi) is 6.94. The Morgan fingerprint density at radius 3 is 2.28 bits per heavy atom. The first-order chi connectivity index (χ1) is 7.86. The zero-order chi connectivity index (χ0) is 13.1. The number of hydrogen-bond acceptors (Lipinski definition) is 3. The number of rotatable bonds is 4. The first-order valence-electron chi connectivity index (χ1n) is 5.38. The summed E-state index contributed by atoms with van der Waals surface area (Å²) in [5.74, 6) is -2.37. The van der Waals surface area contributed by atoms with E-state index in [0.717, 1.165) is 0 Å². The van der Waals surface area contributed by atoms with E-state index in [1.54, 1.807) is 0 Å². The Morgan fingerprint density at radius 1 is 1.44 bits per heavy atom. The molecule has 0 amide bonds. The average molecular weight is 292 g/mol. The number of carboxylic acids is 1. The summed E-state index contributed by atoms with van der Waals surface area (Å²) in [5.41, 5.74) is 0. The van der Waals surface area contributed by atoms with Gasteiger partial charge >= 0.3 is 12.1 Å². The summed E-state index contributed by atoms with van der Waals surface area (Å²) in [5, 5.41) is 8.94. The molecule has 1 N–H and O–H groups in total. The van der Waals surface area contributed by atoms with Crippen molar-refractivity contribution in [2.24, 2.45) is 5.92 Å².